The van der Waals surface area contributed by atoms with Gasteiger partial charge in [-0.1, -0.05) is 6.07 Å². The molecule has 0 saturated carbocycles. The van der Waals surface area contributed by atoms with E-state index >= 15 is 0 Å². The molecule has 0 spiro atoms. The zero-order chi connectivity index (χ0) is 27.4. The summed E-state index contributed by atoms with van der Waals surface area (Å²) in [5, 5.41) is 22.1. The molecule has 11 nitrogen and oxygen atoms in total. The van der Waals surface area contributed by atoms with E-state index in [1.807, 2.05) is 6.92 Å². The van der Waals surface area contributed by atoms with Crippen molar-refractivity contribution in [2.24, 2.45) is 4.99 Å². The topological polar surface area (TPSA) is 143 Å². The lowest BCUT2D eigenvalue weighted by molar-refractivity contribution is -0.385. The van der Waals surface area contributed by atoms with Crippen LogP contribution in [0.2, 0.25) is 0 Å². The number of ether oxygens (including phenoxy) is 3. The van der Waals surface area contributed by atoms with Crippen molar-refractivity contribution in [1.29, 1.82) is 0 Å². The molecule has 3 aromatic rings. The number of carbonyl (C=O) groups excluding carboxylic acids is 1. The number of hydrogen-bond donors (Lipinski definition) is 0. The first-order valence-corrected chi connectivity index (χ1v) is 12.1. The Kier molecular flexibility index (Phi) is 7.82. The largest absolute Gasteiger partial charge is 0.490 e. The summed E-state index contributed by atoms with van der Waals surface area (Å²) in [5.41, 5.74) is 1.87. The predicted molar refractivity (Wildman–Crippen MR) is 141 cm³/mol. The van der Waals surface area contributed by atoms with Gasteiger partial charge >= 0.3 is 5.97 Å². The summed E-state index contributed by atoms with van der Waals surface area (Å²) >= 11 is 3.48. The third kappa shape index (κ3) is 5.70. The van der Waals surface area contributed by atoms with Gasteiger partial charge in [0.15, 0.2) is 17.2 Å². The molecule has 4 rings (SSSR count). The highest BCUT2D eigenvalue weighted by Gasteiger charge is 2.27. The van der Waals surface area contributed by atoms with E-state index in [0.717, 1.165) is 5.56 Å². The van der Waals surface area contributed by atoms with Gasteiger partial charge in [-0.15, -0.1) is 0 Å². The van der Waals surface area contributed by atoms with E-state index in [0.29, 0.717) is 39.3 Å². The maximum absolute atomic E-state index is 12.5. The minimum absolute atomic E-state index is 0.0137. The molecule has 0 aliphatic carbocycles. The molecule has 0 saturated heterocycles. The fourth-order valence-corrected chi connectivity index (χ4v) is 4.25. The molecule has 194 valence electrons. The van der Waals surface area contributed by atoms with E-state index < -0.39 is 15.8 Å². The van der Waals surface area contributed by atoms with Gasteiger partial charge in [0.05, 0.1) is 20.9 Å². The number of halogens is 1. The number of nitrogens with zero attached hydrogens (tertiary/aromatic N) is 3. The first-order chi connectivity index (χ1) is 18.2. The maximum Gasteiger partial charge on any atom is 0.363 e. The molecule has 38 heavy (non-hydrogen) atoms. The van der Waals surface area contributed by atoms with Gasteiger partial charge in [0, 0.05) is 29.3 Å². The number of cyclic esters (lactones) is 1. The smallest absolute Gasteiger partial charge is 0.363 e. The molecular weight excluding hydrogens is 562 g/mol. The fourth-order valence-electron chi connectivity index (χ4n) is 3.68. The molecular formula is C26H20BrN3O8. The lowest BCUT2D eigenvalue weighted by atomic mass is 10.1. The summed E-state index contributed by atoms with van der Waals surface area (Å²) in [5.74, 6) is 0.103. The van der Waals surface area contributed by atoms with E-state index in [4.69, 9.17) is 14.2 Å². The third-order valence-corrected chi connectivity index (χ3v) is 6.11. The summed E-state index contributed by atoms with van der Waals surface area (Å²) in [6.45, 7) is 3.86. The minimum atomic E-state index is -0.696. The van der Waals surface area contributed by atoms with Crippen molar-refractivity contribution in [1.82, 2.24) is 0 Å². The number of non-ortho nitro benzene ring substituents is 1. The van der Waals surface area contributed by atoms with Crippen LogP contribution in [0, 0.1) is 27.2 Å². The molecule has 3 aromatic carbocycles. The van der Waals surface area contributed by atoms with E-state index in [1.54, 1.807) is 37.3 Å². The van der Waals surface area contributed by atoms with E-state index in [-0.39, 0.29) is 29.6 Å². The normalized spacial score (nSPS) is 13.7. The molecule has 0 amide bonds. The number of carbonyl (C=O) groups is 1. The molecule has 0 N–H and O–H groups in total. The Bertz CT molecular complexity index is 1500. The Labute approximate surface area is 224 Å². The number of rotatable bonds is 9. The second-order valence-corrected chi connectivity index (χ2v) is 8.87. The van der Waals surface area contributed by atoms with Crippen LogP contribution in [0.1, 0.15) is 29.2 Å². The number of hydrogen-bond acceptors (Lipinski definition) is 9. The summed E-state index contributed by atoms with van der Waals surface area (Å²) in [6.07, 6.45) is 1.51. The van der Waals surface area contributed by atoms with Crippen LogP contribution in [0.25, 0.3) is 6.08 Å². The number of benzene rings is 3. The maximum atomic E-state index is 12.5. The first-order valence-electron chi connectivity index (χ1n) is 11.3. The van der Waals surface area contributed by atoms with Crippen molar-refractivity contribution in [3.63, 3.8) is 0 Å². The molecule has 0 radical (unpaired) electrons. The Balaban J connectivity index is 1.61. The molecule has 1 aliphatic rings. The highest BCUT2D eigenvalue weighted by molar-refractivity contribution is 9.10. The van der Waals surface area contributed by atoms with E-state index in [2.05, 4.69) is 20.9 Å². The van der Waals surface area contributed by atoms with E-state index in [1.165, 1.54) is 30.3 Å². The molecule has 1 heterocycles. The molecule has 0 aromatic heterocycles. The first kappa shape index (κ1) is 26.5. The van der Waals surface area contributed by atoms with Crippen LogP contribution < -0.4 is 9.47 Å². The van der Waals surface area contributed by atoms with Gasteiger partial charge in [0.2, 0.25) is 5.90 Å². The van der Waals surface area contributed by atoms with Crippen LogP contribution in [0.15, 0.2) is 69.8 Å². The van der Waals surface area contributed by atoms with Crippen LogP contribution in [0.4, 0.5) is 11.4 Å². The second kappa shape index (κ2) is 11.2. The average Bonchev–Trinajstić information content (AvgIpc) is 3.23. The predicted octanol–water partition coefficient (Wildman–Crippen LogP) is 5.90. The fraction of sp³-hybridized carbons (Fsp3) is 0.154. The van der Waals surface area contributed by atoms with Crippen molar-refractivity contribution in [2.75, 3.05) is 6.61 Å². The number of aliphatic imine (C=N–C) groups is 1. The van der Waals surface area contributed by atoms with Gasteiger partial charge in [-0.25, -0.2) is 9.79 Å². The standard InChI is InChI=1S/C26H20BrN3O8/c1-3-36-23-13-17(11-20(27)24(23)37-14-16-7-9-18(10-8-16)29(32)33)12-21-26(31)38-25(28-21)19-5-4-6-22(15(19)2)30(34)35/h4-13H,3,14H2,1-2H3/b21-12-. The quantitative estimate of drug-likeness (QED) is 0.131. The van der Waals surface area contributed by atoms with Crippen molar-refractivity contribution in [2.45, 2.75) is 20.5 Å². The highest BCUT2D eigenvalue weighted by Crippen LogP contribution is 2.38. The van der Waals surface area contributed by atoms with Crippen LogP contribution in [-0.2, 0) is 16.1 Å². The third-order valence-electron chi connectivity index (χ3n) is 5.52. The SMILES string of the molecule is CCOc1cc(/C=C2\N=C(c3cccc([N+](=O)[O-])c3C)OC2=O)cc(Br)c1OCc1ccc([N+](=O)[O-])cc1. The van der Waals surface area contributed by atoms with Crippen LogP contribution in [-0.4, -0.2) is 28.3 Å². The lowest BCUT2D eigenvalue weighted by Gasteiger charge is -2.15. The average molecular weight is 582 g/mol. The van der Waals surface area contributed by atoms with Gasteiger partial charge < -0.3 is 14.2 Å². The molecule has 0 bridgehead atoms. The van der Waals surface area contributed by atoms with Gasteiger partial charge in [0.25, 0.3) is 11.4 Å². The molecule has 1 aliphatic heterocycles. The summed E-state index contributed by atoms with van der Waals surface area (Å²) in [4.78, 5) is 37.9. The summed E-state index contributed by atoms with van der Waals surface area (Å²) < 4.78 is 17.5. The summed E-state index contributed by atoms with van der Waals surface area (Å²) in [6, 6.07) is 13.9. The number of nitro groups is 2. The van der Waals surface area contributed by atoms with Crippen LogP contribution in [0.5, 0.6) is 11.5 Å². The Morgan fingerprint density at radius 2 is 1.79 bits per heavy atom. The zero-order valence-corrected chi connectivity index (χ0v) is 21.8. The highest BCUT2D eigenvalue weighted by atomic mass is 79.9. The Morgan fingerprint density at radius 1 is 1.05 bits per heavy atom. The lowest BCUT2D eigenvalue weighted by Crippen LogP contribution is -2.08. The van der Waals surface area contributed by atoms with Gasteiger partial charge in [0.1, 0.15) is 6.61 Å². The van der Waals surface area contributed by atoms with E-state index in [9.17, 15) is 25.0 Å². The second-order valence-electron chi connectivity index (χ2n) is 8.02. The number of nitro benzene ring substituents is 2. The Morgan fingerprint density at radius 3 is 2.45 bits per heavy atom. The summed E-state index contributed by atoms with van der Waals surface area (Å²) in [7, 11) is 0. The monoisotopic (exact) mass is 581 g/mol. The van der Waals surface area contributed by atoms with Crippen molar-refractivity contribution >= 4 is 45.2 Å². The molecule has 0 unspecified atom stereocenters. The minimum Gasteiger partial charge on any atom is -0.490 e. The molecule has 0 atom stereocenters. The zero-order valence-electron chi connectivity index (χ0n) is 20.2. The van der Waals surface area contributed by atoms with Gasteiger partial charge in [-0.3, -0.25) is 20.2 Å². The van der Waals surface area contributed by atoms with Crippen molar-refractivity contribution < 1.29 is 28.9 Å². The van der Waals surface area contributed by atoms with Crippen molar-refractivity contribution in [3.8, 4) is 11.5 Å². The van der Waals surface area contributed by atoms with Crippen molar-refractivity contribution in [3.05, 3.63) is 107 Å². The van der Waals surface area contributed by atoms with Crippen LogP contribution in [0.3, 0.4) is 0 Å². The number of esters is 1. The van der Waals surface area contributed by atoms with Gasteiger partial charge in [-0.05, 0) is 77.3 Å². The molecule has 12 heteroatoms. The molecule has 0 fully saturated rings. The van der Waals surface area contributed by atoms with Gasteiger partial charge in [-0.2, -0.15) is 0 Å². The Hall–Kier alpha value is -4.58. The van der Waals surface area contributed by atoms with Crippen LogP contribution >= 0.6 is 15.9 Å².